The van der Waals surface area contributed by atoms with Gasteiger partial charge in [0.05, 0.1) is 20.8 Å². The van der Waals surface area contributed by atoms with E-state index in [1.54, 1.807) is 19.1 Å². The number of hydrogen-bond acceptors (Lipinski definition) is 4. The fraction of sp³-hybridized carbons (Fsp3) is 0.333. The summed E-state index contributed by atoms with van der Waals surface area (Å²) in [6, 6.07) is 15.2. The van der Waals surface area contributed by atoms with Crippen LogP contribution < -0.4 is 14.8 Å². The first kappa shape index (κ1) is 20.3. The van der Waals surface area contributed by atoms with Crippen molar-refractivity contribution in [3.63, 3.8) is 0 Å². The molecule has 0 bridgehead atoms. The molecular formula is C21H26N2O4. The lowest BCUT2D eigenvalue weighted by atomic mass is 10.1. The first-order valence-electron chi connectivity index (χ1n) is 8.80. The van der Waals surface area contributed by atoms with Crippen LogP contribution in [0.1, 0.15) is 18.1 Å². The predicted molar refractivity (Wildman–Crippen MR) is 104 cm³/mol. The normalized spacial score (nSPS) is 10.2. The molecule has 0 spiro atoms. The molecule has 2 amide bonds. The molecule has 0 saturated carbocycles. The van der Waals surface area contributed by atoms with Crippen molar-refractivity contribution in [1.29, 1.82) is 0 Å². The van der Waals surface area contributed by atoms with Gasteiger partial charge >= 0.3 is 0 Å². The Kier molecular flexibility index (Phi) is 7.67. The highest BCUT2D eigenvalue weighted by atomic mass is 16.5. The number of benzene rings is 2. The fourth-order valence-corrected chi connectivity index (χ4v) is 2.58. The van der Waals surface area contributed by atoms with Gasteiger partial charge in [-0.3, -0.25) is 9.59 Å². The number of carbonyl (C=O) groups is 2. The Bertz CT molecular complexity index is 742. The molecule has 6 heteroatoms. The van der Waals surface area contributed by atoms with E-state index in [1.165, 1.54) is 6.92 Å². The Hall–Kier alpha value is -3.02. The quantitative estimate of drug-likeness (QED) is 0.736. The maximum Gasteiger partial charge on any atom is 0.239 e. The third-order valence-corrected chi connectivity index (χ3v) is 4.26. The minimum atomic E-state index is -0.184. The molecule has 2 aromatic carbocycles. The minimum Gasteiger partial charge on any atom is -0.497 e. The van der Waals surface area contributed by atoms with Gasteiger partial charge in [-0.05, 0) is 41.8 Å². The summed E-state index contributed by atoms with van der Waals surface area (Å²) in [4.78, 5) is 25.6. The van der Waals surface area contributed by atoms with Crippen LogP contribution in [0, 0.1) is 0 Å². The molecule has 0 unspecified atom stereocenters. The van der Waals surface area contributed by atoms with Crippen LogP contribution in [-0.2, 0) is 22.6 Å². The summed E-state index contributed by atoms with van der Waals surface area (Å²) >= 11 is 0. The molecule has 0 heterocycles. The fourth-order valence-electron chi connectivity index (χ4n) is 2.58. The van der Waals surface area contributed by atoms with Gasteiger partial charge in [0.15, 0.2) is 0 Å². The minimum absolute atomic E-state index is 0.0433. The molecular weight excluding hydrogens is 344 g/mol. The molecule has 2 rings (SSSR count). The van der Waals surface area contributed by atoms with E-state index in [-0.39, 0.29) is 18.4 Å². The third kappa shape index (κ3) is 6.66. The van der Waals surface area contributed by atoms with E-state index in [0.29, 0.717) is 19.5 Å². The molecule has 1 N–H and O–H groups in total. The lowest BCUT2D eigenvalue weighted by Gasteiger charge is -2.20. The molecule has 0 atom stereocenters. The van der Waals surface area contributed by atoms with Crippen molar-refractivity contribution in [3.8, 4) is 11.5 Å². The van der Waals surface area contributed by atoms with Crippen molar-refractivity contribution in [3.05, 3.63) is 59.7 Å². The largest absolute Gasteiger partial charge is 0.497 e. The highest BCUT2D eigenvalue weighted by Crippen LogP contribution is 2.12. The zero-order valence-electron chi connectivity index (χ0n) is 16.0. The van der Waals surface area contributed by atoms with E-state index in [9.17, 15) is 9.59 Å². The molecule has 0 aliphatic heterocycles. The van der Waals surface area contributed by atoms with Crippen LogP contribution in [0.15, 0.2) is 48.5 Å². The molecule has 0 aromatic heterocycles. The highest BCUT2D eigenvalue weighted by Gasteiger charge is 2.13. The molecule has 144 valence electrons. The number of hydrogen-bond donors (Lipinski definition) is 1. The number of carbonyl (C=O) groups excluding carboxylic acids is 2. The molecule has 0 fully saturated rings. The third-order valence-electron chi connectivity index (χ3n) is 4.26. The van der Waals surface area contributed by atoms with Gasteiger partial charge in [-0.2, -0.15) is 0 Å². The van der Waals surface area contributed by atoms with Gasteiger partial charge in [0, 0.05) is 20.0 Å². The van der Waals surface area contributed by atoms with Crippen LogP contribution >= 0.6 is 0 Å². The topological polar surface area (TPSA) is 67.9 Å². The lowest BCUT2D eigenvalue weighted by Crippen LogP contribution is -2.40. The van der Waals surface area contributed by atoms with Gasteiger partial charge in [-0.15, -0.1) is 0 Å². The second kappa shape index (κ2) is 10.2. The van der Waals surface area contributed by atoms with Gasteiger partial charge in [-0.1, -0.05) is 24.3 Å². The van der Waals surface area contributed by atoms with E-state index in [2.05, 4.69) is 5.32 Å². The predicted octanol–water partition coefficient (Wildman–Crippen LogP) is 2.41. The molecule has 0 radical (unpaired) electrons. The van der Waals surface area contributed by atoms with Gasteiger partial charge in [0.1, 0.15) is 11.5 Å². The number of amides is 2. The Labute approximate surface area is 160 Å². The second-order valence-corrected chi connectivity index (χ2v) is 6.16. The van der Waals surface area contributed by atoms with Crippen molar-refractivity contribution in [2.24, 2.45) is 0 Å². The standard InChI is InChI=1S/C21H26N2O4/c1-16(24)23(13-12-17-4-8-19(26-2)9-5-17)15-21(25)22-14-18-6-10-20(27-3)11-7-18/h4-11H,12-15H2,1-3H3,(H,22,25). The van der Waals surface area contributed by atoms with Gasteiger partial charge in [-0.25, -0.2) is 0 Å². The average molecular weight is 370 g/mol. The van der Waals surface area contributed by atoms with Crippen LogP contribution in [0.2, 0.25) is 0 Å². The molecule has 0 aliphatic carbocycles. The van der Waals surface area contributed by atoms with E-state index < -0.39 is 0 Å². The maximum absolute atomic E-state index is 12.2. The van der Waals surface area contributed by atoms with Crippen molar-refractivity contribution in [1.82, 2.24) is 10.2 Å². The van der Waals surface area contributed by atoms with Gasteiger partial charge in [0.25, 0.3) is 0 Å². The summed E-state index contributed by atoms with van der Waals surface area (Å²) in [6.07, 6.45) is 0.676. The number of ether oxygens (including phenoxy) is 2. The van der Waals surface area contributed by atoms with Gasteiger partial charge < -0.3 is 19.7 Å². The Balaban J connectivity index is 1.82. The zero-order valence-corrected chi connectivity index (χ0v) is 16.0. The van der Waals surface area contributed by atoms with E-state index in [4.69, 9.17) is 9.47 Å². The number of methoxy groups -OCH3 is 2. The smallest absolute Gasteiger partial charge is 0.239 e. The monoisotopic (exact) mass is 370 g/mol. The molecule has 6 nitrogen and oxygen atoms in total. The van der Waals surface area contributed by atoms with Crippen LogP contribution in [0.25, 0.3) is 0 Å². The van der Waals surface area contributed by atoms with Crippen molar-refractivity contribution in [2.45, 2.75) is 19.9 Å². The van der Waals surface area contributed by atoms with Crippen LogP contribution in [0.4, 0.5) is 0 Å². The summed E-state index contributed by atoms with van der Waals surface area (Å²) in [5.74, 6) is 1.25. The second-order valence-electron chi connectivity index (χ2n) is 6.16. The van der Waals surface area contributed by atoms with Crippen LogP contribution in [0.3, 0.4) is 0 Å². The van der Waals surface area contributed by atoms with Gasteiger partial charge in [0.2, 0.25) is 11.8 Å². The number of rotatable bonds is 9. The maximum atomic E-state index is 12.2. The molecule has 0 aliphatic rings. The zero-order chi connectivity index (χ0) is 19.6. The van der Waals surface area contributed by atoms with E-state index in [0.717, 1.165) is 22.6 Å². The average Bonchev–Trinajstić information content (AvgIpc) is 2.70. The summed E-state index contributed by atoms with van der Waals surface area (Å²) in [5.41, 5.74) is 2.05. The van der Waals surface area contributed by atoms with Crippen LogP contribution in [-0.4, -0.2) is 44.0 Å². The highest BCUT2D eigenvalue weighted by molar-refractivity contribution is 5.83. The SMILES string of the molecule is COc1ccc(CCN(CC(=O)NCc2ccc(OC)cc2)C(C)=O)cc1. The first-order chi connectivity index (χ1) is 13.0. The van der Waals surface area contributed by atoms with Crippen molar-refractivity contribution in [2.75, 3.05) is 27.3 Å². The Morgan fingerprint density at radius 1 is 0.889 bits per heavy atom. The number of nitrogens with zero attached hydrogens (tertiary/aromatic N) is 1. The first-order valence-corrected chi connectivity index (χ1v) is 8.80. The Morgan fingerprint density at radius 3 is 1.89 bits per heavy atom. The Morgan fingerprint density at radius 2 is 1.41 bits per heavy atom. The van der Waals surface area contributed by atoms with Crippen molar-refractivity contribution < 1.29 is 19.1 Å². The van der Waals surface area contributed by atoms with E-state index >= 15 is 0 Å². The van der Waals surface area contributed by atoms with E-state index in [1.807, 2.05) is 48.5 Å². The number of nitrogens with one attached hydrogen (secondary N) is 1. The molecule has 2 aromatic rings. The summed E-state index contributed by atoms with van der Waals surface area (Å²) in [7, 11) is 3.23. The lowest BCUT2D eigenvalue weighted by molar-refractivity contribution is -0.134. The van der Waals surface area contributed by atoms with Crippen LogP contribution in [0.5, 0.6) is 11.5 Å². The molecule has 0 saturated heterocycles. The summed E-state index contributed by atoms with van der Waals surface area (Å²) in [5, 5.41) is 2.84. The molecule has 27 heavy (non-hydrogen) atoms. The summed E-state index contributed by atoms with van der Waals surface area (Å²) < 4.78 is 10.2. The van der Waals surface area contributed by atoms with Crippen molar-refractivity contribution >= 4 is 11.8 Å². The summed E-state index contributed by atoms with van der Waals surface area (Å²) in [6.45, 7) is 2.41.